The Morgan fingerprint density at radius 3 is 2.90 bits per heavy atom. The van der Waals surface area contributed by atoms with E-state index in [4.69, 9.17) is 9.84 Å². The van der Waals surface area contributed by atoms with E-state index in [9.17, 15) is 14.0 Å². The number of carboxylic acid groups (broad SMARTS) is 1. The molecular weight excluding hydrogens is 279 g/mol. The van der Waals surface area contributed by atoms with Crippen molar-refractivity contribution in [1.29, 1.82) is 0 Å². The number of rotatable bonds is 5. The largest absolute Gasteiger partial charge is 0.478 e. The molecule has 1 aliphatic rings. The number of amides is 2. The zero-order valence-corrected chi connectivity index (χ0v) is 11.4. The lowest BCUT2D eigenvalue weighted by Gasteiger charge is -2.11. The van der Waals surface area contributed by atoms with Crippen LogP contribution in [0.5, 0.6) is 0 Å². The zero-order chi connectivity index (χ0) is 15.2. The first kappa shape index (κ1) is 15.2. The van der Waals surface area contributed by atoms with Crippen LogP contribution in [0.4, 0.5) is 14.9 Å². The van der Waals surface area contributed by atoms with E-state index < -0.39 is 23.4 Å². The number of anilines is 1. The van der Waals surface area contributed by atoms with E-state index in [1.165, 1.54) is 12.1 Å². The SMILES string of the molecule is O=C(NCCC1CCOC1)Nc1cccc(F)c1C(=O)O. The van der Waals surface area contributed by atoms with E-state index in [0.29, 0.717) is 19.1 Å². The zero-order valence-electron chi connectivity index (χ0n) is 11.4. The lowest BCUT2D eigenvalue weighted by Crippen LogP contribution is -2.31. The summed E-state index contributed by atoms with van der Waals surface area (Å²) in [6.45, 7) is 1.91. The average Bonchev–Trinajstić information content (AvgIpc) is 2.91. The third-order valence-electron chi connectivity index (χ3n) is 3.34. The van der Waals surface area contributed by atoms with Gasteiger partial charge in [0, 0.05) is 19.8 Å². The van der Waals surface area contributed by atoms with Crippen molar-refractivity contribution in [3.05, 3.63) is 29.6 Å². The number of carbonyl (C=O) groups excluding carboxylic acids is 1. The van der Waals surface area contributed by atoms with Crippen molar-refractivity contribution in [3.8, 4) is 0 Å². The minimum atomic E-state index is -1.42. The Bertz CT molecular complexity index is 530. The summed E-state index contributed by atoms with van der Waals surface area (Å²) in [6.07, 6.45) is 1.78. The Labute approximate surface area is 121 Å². The Morgan fingerprint density at radius 1 is 1.43 bits per heavy atom. The highest BCUT2D eigenvalue weighted by molar-refractivity contribution is 6.00. The Morgan fingerprint density at radius 2 is 2.24 bits per heavy atom. The molecule has 6 nitrogen and oxygen atoms in total. The maximum absolute atomic E-state index is 13.4. The van der Waals surface area contributed by atoms with Crippen LogP contribution >= 0.6 is 0 Å². The maximum Gasteiger partial charge on any atom is 0.340 e. The minimum Gasteiger partial charge on any atom is -0.478 e. The van der Waals surface area contributed by atoms with E-state index in [1.807, 2.05) is 0 Å². The quantitative estimate of drug-likeness (QED) is 0.776. The van der Waals surface area contributed by atoms with Gasteiger partial charge in [0.15, 0.2) is 0 Å². The second-order valence-corrected chi connectivity index (χ2v) is 4.87. The molecule has 1 saturated heterocycles. The van der Waals surface area contributed by atoms with Crippen LogP contribution in [0.25, 0.3) is 0 Å². The molecule has 1 atom stereocenters. The van der Waals surface area contributed by atoms with Crippen LogP contribution in [0.2, 0.25) is 0 Å². The molecule has 1 fully saturated rings. The Balaban J connectivity index is 1.87. The Hall–Kier alpha value is -2.15. The number of carbonyl (C=O) groups is 2. The molecule has 0 spiro atoms. The van der Waals surface area contributed by atoms with Crippen LogP contribution < -0.4 is 10.6 Å². The van der Waals surface area contributed by atoms with Crippen LogP contribution in [0.1, 0.15) is 23.2 Å². The molecule has 0 aromatic heterocycles. The van der Waals surface area contributed by atoms with E-state index >= 15 is 0 Å². The standard InChI is InChI=1S/C14H17FN2O4/c15-10-2-1-3-11(12(10)13(18)19)17-14(20)16-6-4-9-5-7-21-8-9/h1-3,9H,4-8H2,(H,18,19)(H2,16,17,20). The van der Waals surface area contributed by atoms with Gasteiger partial charge in [0.25, 0.3) is 0 Å². The normalized spacial score (nSPS) is 17.5. The van der Waals surface area contributed by atoms with Crippen LogP contribution in [-0.4, -0.2) is 36.9 Å². The second-order valence-electron chi connectivity index (χ2n) is 4.87. The predicted molar refractivity (Wildman–Crippen MR) is 73.9 cm³/mol. The van der Waals surface area contributed by atoms with E-state index in [0.717, 1.165) is 25.5 Å². The van der Waals surface area contributed by atoms with Crippen LogP contribution in [0, 0.1) is 11.7 Å². The fourth-order valence-corrected chi connectivity index (χ4v) is 2.21. The lowest BCUT2D eigenvalue weighted by molar-refractivity contribution is 0.0693. The van der Waals surface area contributed by atoms with Crippen LogP contribution in [0.15, 0.2) is 18.2 Å². The highest BCUT2D eigenvalue weighted by Gasteiger charge is 2.18. The number of ether oxygens (including phenoxy) is 1. The fraction of sp³-hybridized carbons (Fsp3) is 0.429. The van der Waals surface area contributed by atoms with Crippen molar-refractivity contribution in [1.82, 2.24) is 5.32 Å². The third-order valence-corrected chi connectivity index (χ3v) is 3.34. The highest BCUT2D eigenvalue weighted by Crippen LogP contribution is 2.19. The molecular formula is C14H17FN2O4. The summed E-state index contributed by atoms with van der Waals surface area (Å²) in [5.74, 6) is -1.87. The first-order valence-corrected chi connectivity index (χ1v) is 6.72. The first-order chi connectivity index (χ1) is 10.1. The number of hydrogen-bond acceptors (Lipinski definition) is 3. The molecule has 0 saturated carbocycles. The van der Waals surface area contributed by atoms with Gasteiger partial charge in [-0.3, -0.25) is 0 Å². The molecule has 0 aliphatic carbocycles. The monoisotopic (exact) mass is 296 g/mol. The van der Waals surface area contributed by atoms with Crippen molar-refractivity contribution in [2.24, 2.45) is 5.92 Å². The van der Waals surface area contributed by atoms with Crippen LogP contribution in [-0.2, 0) is 4.74 Å². The molecule has 0 radical (unpaired) electrons. The van der Waals surface area contributed by atoms with Crippen molar-refractivity contribution in [2.45, 2.75) is 12.8 Å². The van der Waals surface area contributed by atoms with E-state index in [1.54, 1.807) is 0 Å². The number of benzene rings is 1. The molecule has 1 aliphatic heterocycles. The summed E-state index contributed by atoms with van der Waals surface area (Å²) >= 11 is 0. The molecule has 3 N–H and O–H groups in total. The van der Waals surface area contributed by atoms with Crippen molar-refractivity contribution < 1.29 is 23.8 Å². The summed E-state index contributed by atoms with van der Waals surface area (Å²) in [6, 6.07) is 3.17. The highest BCUT2D eigenvalue weighted by atomic mass is 19.1. The molecule has 2 rings (SSSR count). The van der Waals surface area contributed by atoms with Gasteiger partial charge in [-0.15, -0.1) is 0 Å². The number of hydrogen-bond donors (Lipinski definition) is 3. The minimum absolute atomic E-state index is 0.0656. The van der Waals surface area contributed by atoms with Crippen LogP contribution in [0.3, 0.4) is 0 Å². The van der Waals surface area contributed by atoms with Gasteiger partial charge >= 0.3 is 12.0 Å². The molecule has 1 heterocycles. The number of nitrogens with one attached hydrogen (secondary N) is 2. The van der Waals surface area contributed by atoms with Gasteiger partial charge in [-0.1, -0.05) is 6.07 Å². The molecule has 7 heteroatoms. The number of urea groups is 1. The fourth-order valence-electron chi connectivity index (χ4n) is 2.21. The smallest absolute Gasteiger partial charge is 0.340 e. The first-order valence-electron chi connectivity index (χ1n) is 6.72. The number of carboxylic acids is 1. The molecule has 2 amide bonds. The average molecular weight is 296 g/mol. The van der Waals surface area contributed by atoms with Crippen molar-refractivity contribution in [3.63, 3.8) is 0 Å². The molecule has 21 heavy (non-hydrogen) atoms. The van der Waals surface area contributed by atoms with Gasteiger partial charge in [0.1, 0.15) is 11.4 Å². The van der Waals surface area contributed by atoms with Gasteiger partial charge in [0.05, 0.1) is 5.69 Å². The van der Waals surface area contributed by atoms with E-state index in [-0.39, 0.29) is 5.69 Å². The number of aromatic carboxylic acids is 1. The molecule has 1 aromatic carbocycles. The molecule has 1 unspecified atom stereocenters. The topological polar surface area (TPSA) is 87.7 Å². The summed E-state index contributed by atoms with van der Waals surface area (Å²) in [5, 5.41) is 13.9. The summed E-state index contributed by atoms with van der Waals surface area (Å²) in [4.78, 5) is 22.7. The summed E-state index contributed by atoms with van der Waals surface area (Å²) in [5.41, 5.74) is -0.610. The molecule has 1 aromatic rings. The van der Waals surface area contributed by atoms with Gasteiger partial charge in [0.2, 0.25) is 0 Å². The van der Waals surface area contributed by atoms with Gasteiger partial charge in [-0.2, -0.15) is 0 Å². The summed E-state index contributed by atoms with van der Waals surface area (Å²) in [7, 11) is 0. The third kappa shape index (κ3) is 4.16. The maximum atomic E-state index is 13.4. The van der Waals surface area contributed by atoms with E-state index in [2.05, 4.69) is 10.6 Å². The van der Waals surface area contributed by atoms with Gasteiger partial charge in [-0.25, -0.2) is 14.0 Å². The Kier molecular flexibility index (Phi) is 5.10. The van der Waals surface area contributed by atoms with Crippen molar-refractivity contribution >= 4 is 17.7 Å². The predicted octanol–water partition coefficient (Wildman–Crippen LogP) is 2.07. The van der Waals surface area contributed by atoms with Gasteiger partial charge < -0.3 is 20.5 Å². The second kappa shape index (κ2) is 7.03. The number of halogens is 1. The summed E-state index contributed by atoms with van der Waals surface area (Å²) < 4.78 is 18.7. The van der Waals surface area contributed by atoms with Crippen molar-refractivity contribution in [2.75, 3.05) is 25.1 Å². The lowest BCUT2D eigenvalue weighted by atomic mass is 10.1. The van der Waals surface area contributed by atoms with Gasteiger partial charge in [-0.05, 0) is 30.9 Å². The molecule has 0 bridgehead atoms. The molecule has 114 valence electrons.